The first-order chi connectivity index (χ1) is 7.07. The summed E-state index contributed by atoms with van der Waals surface area (Å²) in [7, 11) is 1.79. The molecule has 0 bridgehead atoms. The third-order valence-corrected chi connectivity index (χ3v) is 3.21. The molecular weight excluding hydrogens is 188 g/mol. The molecule has 3 nitrogen and oxygen atoms in total. The SMILES string of the molecule is COCC1CCCN(CC(C)(C)CN)C1. The molecule has 0 radical (unpaired) electrons. The molecule has 1 atom stereocenters. The molecule has 1 rings (SSSR count). The zero-order valence-electron chi connectivity index (χ0n) is 10.5. The summed E-state index contributed by atoms with van der Waals surface area (Å²) in [5, 5.41) is 0. The summed E-state index contributed by atoms with van der Waals surface area (Å²) >= 11 is 0. The van der Waals surface area contributed by atoms with Gasteiger partial charge in [0, 0.05) is 20.2 Å². The Balaban J connectivity index is 2.36. The van der Waals surface area contributed by atoms with E-state index in [1.807, 2.05) is 0 Å². The zero-order valence-corrected chi connectivity index (χ0v) is 10.5. The Kier molecular flexibility index (Phi) is 5.03. The van der Waals surface area contributed by atoms with Gasteiger partial charge in [-0.05, 0) is 37.3 Å². The molecular formula is C12H26N2O. The van der Waals surface area contributed by atoms with Crippen molar-refractivity contribution < 1.29 is 4.74 Å². The molecule has 0 aromatic rings. The van der Waals surface area contributed by atoms with Gasteiger partial charge in [0.15, 0.2) is 0 Å². The second-order valence-corrected chi connectivity index (χ2v) is 5.57. The minimum atomic E-state index is 0.245. The lowest BCUT2D eigenvalue weighted by atomic mass is 9.90. The fourth-order valence-corrected chi connectivity index (χ4v) is 2.34. The largest absolute Gasteiger partial charge is 0.384 e. The van der Waals surface area contributed by atoms with Crippen molar-refractivity contribution in [3.63, 3.8) is 0 Å². The minimum absolute atomic E-state index is 0.245. The van der Waals surface area contributed by atoms with Gasteiger partial charge in [-0.2, -0.15) is 0 Å². The van der Waals surface area contributed by atoms with Crippen molar-refractivity contribution in [2.45, 2.75) is 26.7 Å². The molecule has 0 amide bonds. The second kappa shape index (κ2) is 5.83. The maximum absolute atomic E-state index is 5.77. The number of hydrogen-bond acceptors (Lipinski definition) is 3. The number of ether oxygens (including phenoxy) is 1. The van der Waals surface area contributed by atoms with Crippen LogP contribution in [-0.2, 0) is 4.74 Å². The smallest absolute Gasteiger partial charge is 0.0502 e. The molecule has 1 unspecified atom stereocenters. The summed E-state index contributed by atoms with van der Waals surface area (Å²) < 4.78 is 5.23. The van der Waals surface area contributed by atoms with E-state index in [0.717, 1.165) is 25.6 Å². The highest BCUT2D eigenvalue weighted by Crippen LogP contribution is 2.21. The summed E-state index contributed by atoms with van der Waals surface area (Å²) in [5.74, 6) is 0.720. The van der Waals surface area contributed by atoms with Crippen molar-refractivity contribution in [2.75, 3.05) is 39.9 Å². The highest BCUT2D eigenvalue weighted by atomic mass is 16.5. The third kappa shape index (κ3) is 4.49. The topological polar surface area (TPSA) is 38.5 Å². The van der Waals surface area contributed by atoms with Crippen LogP contribution in [0.4, 0.5) is 0 Å². The van der Waals surface area contributed by atoms with Crippen LogP contribution in [0.5, 0.6) is 0 Å². The first-order valence-corrected chi connectivity index (χ1v) is 5.99. The Hall–Kier alpha value is -0.120. The van der Waals surface area contributed by atoms with Gasteiger partial charge in [-0.25, -0.2) is 0 Å². The fraction of sp³-hybridized carbons (Fsp3) is 1.00. The van der Waals surface area contributed by atoms with Crippen LogP contribution >= 0.6 is 0 Å². The number of nitrogens with two attached hydrogens (primary N) is 1. The number of nitrogens with zero attached hydrogens (tertiary/aromatic N) is 1. The third-order valence-electron chi connectivity index (χ3n) is 3.21. The van der Waals surface area contributed by atoms with Crippen LogP contribution in [0.3, 0.4) is 0 Å². The van der Waals surface area contributed by atoms with E-state index < -0.39 is 0 Å². The van der Waals surface area contributed by atoms with E-state index in [-0.39, 0.29) is 5.41 Å². The highest BCUT2D eigenvalue weighted by Gasteiger charge is 2.25. The molecule has 1 fully saturated rings. The van der Waals surface area contributed by atoms with E-state index in [0.29, 0.717) is 0 Å². The molecule has 0 spiro atoms. The molecule has 1 heterocycles. The molecule has 0 aromatic carbocycles. The first-order valence-electron chi connectivity index (χ1n) is 5.99. The Morgan fingerprint density at radius 3 is 2.80 bits per heavy atom. The standard InChI is InChI=1S/C12H26N2O/c1-12(2,9-13)10-14-6-4-5-11(7-14)8-15-3/h11H,4-10,13H2,1-3H3. The van der Waals surface area contributed by atoms with E-state index in [9.17, 15) is 0 Å². The maximum Gasteiger partial charge on any atom is 0.0502 e. The number of rotatable bonds is 5. The van der Waals surface area contributed by atoms with Gasteiger partial charge in [-0.15, -0.1) is 0 Å². The summed E-state index contributed by atoms with van der Waals surface area (Å²) in [4.78, 5) is 2.54. The lowest BCUT2D eigenvalue weighted by Gasteiger charge is -2.37. The zero-order chi connectivity index (χ0) is 11.3. The molecule has 1 aliphatic rings. The summed E-state index contributed by atoms with van der Waals surface area (Å²) in [6, 6.07) is 0. The van der Waals surface area contributed by atoms with Crippen LogP contribution in [0.15, 0.2) is 0 Å². The molecule has 15 heavy (non-hydrogen) atoms. The number of methoxy groups -OCH3 is 1. The lowest BCUT2D eigenvalue weighted by molar-refractivity contribution is 0.0720. The Morgan fingerprint density at radius 2 is 2.20 bits per heavy atom. The van der Waals surface area contributed by atoms with Crippen LogP contribution in [0, 0.1) is 11.3 Å². The molecule has 0 aromatic heterocycles. The summed E-state index contributed by atoms with van der Waals surface area (Å²) in [6.07, 6.45) is 2.61. The van der Waals surface area contributed by atoms with E-state index >= 15 is 0 Å². The summed E-state index contributed by atoms with van der Waals surface area (Å²) in [5.41, 5.74) is 6.01. The summed E-state index contributed by atoms with van der Waals surface area (Å²) in [6.45, 7) is 9.67. The number of likely N-dealkylation sites (tertiary alicyclic amines) is 1. The van der Waals surface area contributed by atoms with E-state index in [2.05, 4.69) is 18.7 Å². The second-order valence-electron chi connectivity index (χ2n) is 5.57. The van der Waals surface area contributed by atoms with Gasteiger partial charge in [0.1, 0.15) is 0 Å². The Morgan fingerprint density at radius 1 is 1.47 bits per heavy atom. The fourth-order valence-electron chi connectivity index (χ4n) is 2.34. The minimum Gasteiger partial charge on any atom is -0.384 e. The van der Waals surface area contributed by atoms with Crippen molar-refractivity contribution in [3.8, 4) is 0 Å². The van der Waals surface area contributed by atoms with Crippen molar-refractivity contribution >= 4 is 0 Å². The van der Waals surface area contributed by atoms with Crippen molar-refractivity contribution in [2.24, 2.45) is 17.1 Å². The average molecular weight is 214 g/mol. The average Bonchev–Trinajstić information content (AvgIpc) is 2.18. The van der Waals surface area contributed by atoms with Gasteiger partial charge in [0.25, 0.3) is 0 Å². The van der Waals surface area contributed by atoms with E-state index in [1.165, 1.54) is 25.9 Å². The molecule has 90 valence electrons. The van der Waals surface area contributed by atoms with Gasteiger partial charge in [-0.1, -0.05) is 13.8 Å². The maximum atomic E-state index is 5.77. The monoisotopic (exact) mass is 214 g/mol. The molecule has 1 saturated heterocycles. The van der Waals surface area contributed by atoms with Gasteiger partial charge >= 0.3 is 0 Å². The van der Waals surface area contributed by atoms with Crippen LogP contribution in [0.25, 0.3) is 0 Å². The van der Waals surface area contributed by atoms with Crippen LogP contribution in [0.2, 0.25) is 0 Å². The van der Waals surface area contributed by atoms with E-state index in [1.54, 1.807) is 7.11 Å². The normalized spacial score (nSPS) is 24.4. The molecule has 0 aliphatic carbocycles. The van der Waals surface area contributed by atoms with Crippen LogP contribution < -0.4 is 5.73 Å². The van der Waals surface area contributed by atoms with Gasteiger partial charge in [0.2, 0.25) is 0 Å². The molecule has 0 saturated carbocycles. The molecule has 2 N–H and O–H groups in total. The van der Waals surface area contributed by atoms with E-state index in [4.69, 9.17) is 10.5 Å². The predicted octanol–water partition coefficient (Wildman–Crippen LogP) is 1.33. The van der Waals surface area contributed by atoms with Gasteiger partial charge in [0.05, 0.1) is 6.61 Å². The highest BCUT2D eigenvalue weighted by molar-refractivity contribution is 4.79. The predicted molar refractivity (Wildman–Crippen MR) is 63.9 cm³/mol. The van der Waals surface area contributed by atoms with Crippen molar-refractivity contribution in [1.82, 2.24) is 4.90 Å². The van der Waals surface area contributed by atoms with Gasteiger partial charge in [-0.3, -0.25) is 0 Å². The first kappa shape index (κ1) is 12.9. The quantitative estimate of drug-likeness (QED) is 0.750. The Bertz CT molecular complexity index is 180. The van der Waals surface area contributed by atoms with Crippen LogP contribution in [-0.4, -0.2) is 44.8 Å². The van der Waals surface area contributed by atoms with Crippen molar-refractivity contribution in [3.05, 3.63) is 0 Å². The lowest BCUT2D eigenvalue weighted by Crippen LogP contribution is -2.44. The van der Waals surface area contributed by atoms with Gasteiger partial charge < -0.3 is 15.4 Å². The molecule has 1 aliphatic heterocycles. The van der Waals surface area contributed by atoms with Crippen LogP contribution in [0.1, 0.15) is 26.7 Å². The number of piperidine rings is 1. The number of hydrogen-bond donors (Lipinski definition) is 1. The van der Waals surface area contributed by atoms with Crippen molar-refractivity contribution in [1.29, 1.82) is 0 Å². The Labute approximate surface area is 94.0 Å². The molecule has 3 heteroatoms.